The Morgan fingerprint density at radius 2 is 1.76 bits per heavy atom. The molecule has 2 saturated heterocycles. The molecule has 0 spiro atoms. The molecule has 2 aliphatic rings. The van der Waals surface area contributed by atoms with Crippen LogP contribution in [0.5, 0.6) is 0 Å². The van der Waals surface area contributed by atoms with Gasteiger partial charge in [-0.25, -0.2) is 0 Å². The topological polar surface area (TPSA) is 26.8 Å². The van der Waals surface area contributed by atoms with Gasteiger partial charge in [-0.1, -0.05) is 0 Å². The lowest BCUT2D eigenvalue weighted by Crippen LogP contribution is -2.57. The maximum Gasteiger partial charge on any atom is 0.236 e. The van der Waals surface area contributed by atoms with Crippen molar-refractivity contribution in [1.82, 2.24) is 14.7 Å². The highest BCUT2D eigenvalue weighted by Gasteiger charge is 2.41. The molecule has 2 bridgehead atoms. The molecule has 0 aromatic heterocycles. The van der Waals surface area contributed by atoms with E-state index in [4.69, 9.17) is 0 Å². The average Bonchev–Trinajstić information content (AvgIpc) is 2.51. The fraction of sp³-hybridized carbons (Fsp3) is 0.923. The fourth-order valence-corrected chi connectivity index (χ4v) is 3.33. The van der Waals surface area contributed by atoms with Crippen LogP contribution in [-0.2, 0) is 4.79 Å². The van der Waals surface area contributed by atoms with Crippen molar-refractivity contribution in [3.8, 4) is 0 Å². The first-order valence-corrected chi connectivity index (χ1v) is 6.69. The highest BCUT2D eigenvalue weighted by molar-refractivity contribution is 5.77. The summed E-state index contributed by atoms with van der Waals surface area (Å²) >= 11 is 0. The Morgan fingerprint density at radius 3 is 2.18 bits per heavy atom. The summed E-state index contributed by atoms with van der Waals surface area (Å²) in [5.74, 6) is 0.224. The zero-order valence-electron chi connectivity index (χ0n) is 11.5. The summed E-state index contributed by atoms with van der Waals surface area (Å²) in [5, 5.41) is 0. The SMILES string of the molecule is CC(C)N1C2CCC1CN(CC(=O)N(C)C)C2. The van der Waals surface area contributed by atoms with Crippen LogP contribution in [0.4, 0.5) is 0 Å². The summed E-state index contributed by atoms with van der Waals surface area (Å²) in [6.45, 7) is 7.28. The summed E-state index contributed by atoms with van der Waals surface area (Å²) in [5.41, 5.74) is 0. The van der Waals surface area contributed by atoms with Crippen molar-refractivity contribution in [3.63, 3.8) is 0 Å². The van der Waals surface area contributed by atoms with Gasteiger partial charge in [0.05, 0.1) is 6.54 Å². The molecule has 0 aromatic carbocycles. The molecule has 17 heavy (non-hydrogen) atoms. The van der Waals surface area contributed by atoms with E-state index in [1.54, 1.807) is 4.90 Å². The predicted octanol–water partition coefficient (Wildman–Crippen LogP) is 0.632. The van der Waals surface area contributed by atoms with Gasteiger partial charge in [-0.3, -0.25) is 14.6 Å². The van der Waals surface area contributed by atoms with Gasteiger partial charge in [0.25, 0.3) is 0 Å². The third-order valence-electron chi connectivity index (χ3n) is 4.07. The van der Waals surface area contributed by atoms with Crippen molar-refractivity contribution in [2.24, 2.45) is 0 Å². The standard InChI is InChI=1S/C13H25N3O/c1-10(2)16-11-5-6-12(16)8-15(7-11)9-13(17)14(3)4/h10-12H,5-9H2,1-4H3. The van der Waals surface area contributed by atoms with Crippen LogP contribution in [0.25, 0.3) is 0 Å². The normalized spacial score (nSPS) is 29.9. The molecule has 2 aliphatic heterocycles. The minimum absolute atomic E-state index is 0.224. The molecule has 98 valence electrons. The highest BCUT2D eigenvalue weighted by Crippen LogP contribution is 2.31. The first-order chi connectivity index (χ1) is 7.99. The Balaban J connectivity index is 1.93. The quantitative estimate of drug-likeness (QED) is 0.723. The van der Waals surface area contributed by atoms with Crippen molar-refractivity contribution in [2.45, 2.75) is 44.8 Å². The largest absolute Gasteiger partial charge is 0.348 e. The third-order valence-corrected chi connectivity index (χ3v) is 4.07. The molecule has 0 radical (unpaired) electrons. The number of piperazine rings is 1. The highest BCUT2D eigenvalue weighted by atomic mass is 16.2. The van der Waals surface area contributed by atoms with Gasteiger partial charge in [0, 0.05) is 45.3 Å². The second-order valence-corrected chi connectivity index (χ2v) is 5.91. The molecule has 1 amide bonds. The first kappa shape index (κ1) is 12.8. The molecule has 0 N–H and O–H groups in total. The van der Waals surface area contributed by atoms with Gasteiger partial charge in [-0.15, -0.1) is 0 Å². The minimum atomic E-state index is 0.224. The van der Waals surface area contributed by atoms with Crippen LogP contribution in [0.2, 0.25) is 0 Å². The van der Waals surface area contributed by atoms with Gasteiger partial charge < -0.3 is 4.90 Å². The summed E-state index contributed by atoms with van der Waals surface area (Å²) in [6, 6.07) is 1.98. The Morgan fingerprint density at radius 1 is 1.24 bits per heavy atom. The van der Waals surface area contributed by atoms with E-state index in [-0.39, 0.29) is 5.91 Å². The number of rotatable bonds is 3. The van der Waals surface area contributed by atoms with Gasteiger partial charge in [-0.05, 0) is 26.7 Å². The van der Waals surface area contributed by atoms with Crippen molar-refractivity contribution in [3.05, 3.63) is 0 Å². The molecule has 0 aromatic rings. The Labute approximate surface area is 105 Å². The van der Waals surface area contributed by atoms with Crippen molar-refractivity contribution < 1.29 is 4.79 Å². The van der Waals surface area contributed by atoms with Crippen LogP contribution >= 0.6 is 0 Å². The van der Waals surface area contributed by atoms with E-state index in [1.807, 2.05) is 14.1 Å². The first-order valence-electron chi connectivity index (χ1n) is 6.69. The van der Waals surface area contributed by atoms with Crippen molar-refractivity contribution in [2.75, 3.05) is 33.7 Å². The smallest absolute Gasteiger partial charge is 0.236 e. The second-order valence-electron chi connectivity index (χ2n) is 5.91. The third kappa shape index (κ3) is 2.63. The number of likely N-dealkylation sites (N-methyl/N-ethyl adjacent to an activating group) is 1. The maximum atomic E-state index is 11.7. The van der Waals surface area contributed by atoms with Crippen LogP contribution in [0.1, 0.15) is 26.7 Å². The number of amides is 1. The van der Waals surface area contributed by atoms with E-state index in [0.717, 1.165) is 13.1 Å². The zero-order valence-corrected chi connectivity index (χ0v) is 11.5. The molecule has 2 unspecified atom stereocenters. The molecule has 2 heterocycles. The Kier molecular flexibility index (Phi) is 3.73. The lowest BCUT2D eigenvalue weighted by atomic mass is 10.1. The summed E-state index contributed by atoms with van der Waals surface area (Å²) in [7, 11) is 3.67. The molecule has 2 fully saturated rings. The van der Waals surface area contributed by atoms with Gasteiger partial charge >= 0.3 is 0 Å². The molecule has 4 heteroatoms. The number of fused-ring (bicyclic) bond motifs is 2. The molecule has 2 rings (SSSR count). The maximum absolute atomic E-state index is 11.7. The monoisotopic (exact) mass is 239 g/mol. The second kappa shape index (κ2) is 4.94. The van der Waals surface area contributed by atoms with Crippen LogP contribution in [0.15, 0.2) is 0 Å². The van der Waals surface area contributed by atoms with E-state index in [2.05, 4.69) is 23.6 Å². The number of hydrogen-bond donors (Lipinski definition) is 0. The zero-order chi connectivity index (χ0) is 12.6. The van der Waals surface area contributed by atoms with E-state index in [0.29, 0.717) is 24.7 Å². The lowest BCUT2D eigenvalue weighted by molar-refractivity contribution is -0.130. The number of nitrogens with zero attached hydrogens (tertiary/aromatic N) is 3. The van der Waals surface area contributed by atoms with Crippen molar-refractivity contribution in [1.29, 1.82) is 0 Å². The van der Waals surface area contributed by atoms with Crippen LogP contribution < -0.4 is 0 Å². The Hall–Kier alpha value is -0.610. The molecule has 0 aliphatic carbocycles. The molecule has 0 saturated carbocycles. The summed E-state index contributed by atoms with van der Waals surface area (Å²) in [6.07, 6.45) is 2.60. The summed E-state index contributed by atoms with van der Waals surface area (Å²) in [4.78, 5) is 18.4. The van der Waals surface area contributed by atoms with E-state index >= 15 is 0 Å². The molecule has 4 nitrogen and oxygen atoms in total. The van der Waals surface area contributed by atoms with Gasteiger partial charge in [0.15, 0.2) is 0 Å². The van der Waals surface area contributed by atoms with Gasteiger partial charge in [0.2, 0.25) is 5.91 Å². The molecule has 2 atom stereocenters. The van der Waals surface area contributed by atoms with Crippen LogP contribution in [-0.4, -0.2) is 72.5 Å². The number of carbonyl (C=O) groups excluding carboxylic acids is 1. The number of hydrogen-bond acceptors (Lipinski definition) is 3. The number of carbonyl (C=O) groups is 1. The van der Waals surface area contributed by atoms with Gasteiger partial charge in [0.1, 0.15) is 0 Å². The van der Waals surface area contributed by atoms with Crippen LogP contribution in [0, 0.1) is 0 Å². The fourth-order valence-electron chi connectivity index (χ4n) is 3.33. The molecular formula is C13H25N3O. The predicted molar refractivity (Wildman–Crippen MR) is 68.9 cm³/mol. The van der Waals surface area contributed by atoms with E-state index in [1.165, 1.54) is 12.8 Å². The van der Waals surface area contributed by atoms with Gasteiger partial charge in [-0.2, -0.15) is 0 Å². The average molecular weight is 239 g/mol. The van der Waals surface area contributed by atoms with E-state index in [9.17, 15) is 4.79 Å². The lowest BCUT2D eigenvalue weighted by Gasteiger charge is -2.43. The van der Waals surface area contributed by atoms with E-state index < -0.39 is 0 Å². The minimum Gasteiger partial charge on any atom is -0.348 e. The Bertz CT molecular complexity index is 276. The molecular weight excluding hydrogens is 214 g/mol. The van der Waals surface area contributed by atoms with Crippen molar-refractivity contribution >= 4 is 5.91 Å². The summed E-state index contributed by atoms with van der Waals surface area (Å²) < 4.78 is 0. The number of likely N-dealkylation sites (tertiary alicyclic amines) is 1. The van der Waals surface area contributed by atoms with Crippen LogP contribution in [0.3, 0.4) is 0 Å².